The highest BCUT2D eigenvalue weighted by molar-refractivity contribution is 7.85. The molecule has 0 radical (unpaired) electrons. The minimum atomic E-state index is -3.67. The Morgan fingerprint density at radius 3 is 1.43 bits per heavy atom. The Labute approximate surface area is 83.9 Å². The van der Waals surface area contributed by atoms with E-state index in [4.69, 9.17) is 19.9 Å². The maximum atomic E-state index is 9.79. The van der Waals surface area contributed by atoms with Crippen LogP contribution in [0.15, 0.2) is 0 Å². The molecule has 4 N–H and O–H groups in total. The van der Waals surface area contributed by atoms with Gasteiger partial charge in [-0.1, -0.05) is 6.92 Å². The molecule has 0 amide bonds. The fourth-order valence-corrected chi connectivity index (χ4v) is 0.947. The first-order valence-electron chi connectivity index (χ1n) is 4.19. The predicted molar refractivity (Wildman–Crippen MR) is 51.5 cm³/mol. The van der Waals surface area contributed by atoms with E-state index in [1.165, 1.54) is 0 Å². The standard InChI is InChI=1S/C4H10O3.C3H8O3S/c5-1-4(2-6)3-7;1-2-3-7(4,5)6/h4-7H,1-3H2;2-3H2,1H3,(H,4,5,6). The molecule has 0 aromatic heterocycles. The highest BCUT2D eigenvalue weighted by atomic mass is 32.2. The van der Waals surface area contributed by atoms with Gasteiger partial charge in [0.25, 0.3) is 10.1 Å². The second kappa shape index (κ2) is 9.35. The molecule has 0 aliphatic heterocycles. The van der Waals surface area contributed by atoms with Crippen molar-refractivity contribution in [3.8, 4) is 0 Å². The zero-order chi connectivity index (χ0) is 11.6. The average Bonchev–Trinajstić information content (AvgIpc) is 2.06. The summed E-state index contributed by atoms with van der Waals surface area (Å²) in [7, 11) is -3.67. The third kappa shape index (κ3) is 14.3. The highest BCUT2D eigenvalue weighted by Gasteiger charge is 2.00. The van der Waals surface area contributed by atoms with Gasteiger partial charge in [-0.15, -0.1) is 0 Å². The zero-order valence-electron chi connectivity index (χ0n) is 8.13. The molecule has 6 nitrogen and oxygen atoms in total. The molecule has 0 unspecified atom stereocenters. The summed E-state index contributed by atoms with van der Waals surface area (Å²) in [4.78, 5) is 0. The van der Waals surface area contributed by atoms with Gasteiger partial charge in [0, 0.05) is 5.92 Å². The van der Waals surface area contributed by atoms with Crippen molar-refractivity contribution < 1.29 is 28.3 Å². The van der Waals surface area contributed by atoms with Crippen LogP contribution in [0.5, 0.6) is 0 Å². The van der Waals surface area contributed by atoms with Gasteiger partial charge in [0.15, 0.2) is 0 Å². The van der Waals surface area contributed by atoms with E-state index in [0.717, 1.165) is 0 Å². The minimum absolute atomic E-state index is 0.132. The molecule has 0 aliphatic carbocycles. The van der Waals surface area contributed by atoms with Crippen LogP contribution in [-0.2, 0) is 10.1 Å². The smallest absolute Gasteiger partial charge is 0.264 e. The molecule has 0 atom stereocenters. The topological polar surface area (TPSA) is 115 Å². The van der Waals surface area contributed by atoms with Gasteiger partial charge in [0.05, 0.1) is 25.6 Å². The molecular weight excluding hydrogens is 212 g/mol. The molecule has 0 aromatic rings. The number of aliphatic hydroxyl groups excluding tert-OH is 3. The monoisotopic (exact) mass is 230 g/mol. The Hall–Kier alpha value is -0.210. The molecular formula is C7H18O6S. The molecule has 0 spiro atoms. The fourth-order valence-electron chi connectivity index (χ4n) is 0.431. The van der Waals surface area contributed by atoms with Crippen molar-refractivity contribution in [2.45, 2.75) is 13.3 Å². The van der Waals surface area contributed by atoms with E-state index in [-0.39, 0.29) is 31.5 Å². The number of rotatable bonds is 5. The Morgan fingerprint density at radius 1 is 1.07 bits per heavy atom. The van der Waals surface area contributed by atoms with Crippen molar-refractivity contribution in [1.82, 2.24) is 0 Å². The summed E-state index contributed by atoms with van der Waals surface area (Å²) in [6.45, 7) is 1.25. The maximum Gasteiger partial charge on any atom is 0.264 e. The lowest BCUT2D eigenvalue weighted by molar-refractivity contribution is 0.0969. The number of hydrogen-bond acceptors (Lipinski definition) is 5. The Morgan fingerprint density at radius 2 is 1.43 bits per heavy atom. The van der Waals surface area contributed by atoms with Crippen molar-refractivity contribution in [2.75, 3.05) is 25.6 Å². The van der Waals surface area contributed by atoms with Crippen LogP contribution in [-0.4, -0.2) is 53.9 Å². The van der Waals surface area contributed by atoms with Gasteiger partial charge in [-0.25, -0.2) is 0 Å². The molecule has 0 saturated carbocycles. The second-order valence-electron chi connectivity index (χ2n) is 2.70. The van der Waals surface area contributed by atoms with Crippen LogP contribution >= 0.6 is 0 Å². The van der Waals surface area contributed by atoms with Crippen LogP contribution in [0.1, 0.15) is 13.3 Å². The van der Waals surface area contributed by atoms with Crippen LogP contribution in [0, 0.1) is 5.92 Å². The summed E-state index contributed by atoms with van der Waals surface area (Å²) < 4.78 is 27.6. The van der Waals surface area contributed by atoms with E-state index in [9.17, 15) is 8.42 Å². The molecule has 0 fully saturated rings. The van der Waals surface area contributed by atoms with Gasteiger partial charge in [0.2, 0.25) is 0 Å². The Balaban J connectivity index is 0. The normalized spacial score (nSPS) is 11.0. The SMILES string of the molecule is CCCS(=O)(=O)O.OCC(CO)CO. The zero-order valence-corrected chi connectivity index (χ0v) is 8.94. The largest absolute Gasteiger partial charge is 0.396 e. The van der Waals surface area contributed by atoms with Crippen LogP contribution in [0.25, 0.3) is 0 Å². The average molecular weight is 230 g/mol. The van der Waals surface area contributed by atoms with Crippen LogP contribution in [0.3, 0.4) is 0 Å². The predicted octanol–water partition coefficient (Wildman–Crippen LogP) is -1.14. The first-order valence-corrected chi connectivity index (χ1v) is 5.79. The highest BCUT2D eigenvalue weighted by Crippen LogP contribution is 1.87. The van der Waals surface area contributed by atoms with Crippen LogP contribution in [0.2, 0.25) is 0 Å². The fraction of sp³-hybridized carbons (Fsp3) is 1.00. The Kier molecular flexibility index (Phi) is 10.8. The molecule has 0 saturated heterocycles. The first-order chi connectivity index (χ1) is 6.41. The van der Waals surface area contributed by atoms with E-state index in [1.54, 1.807) is 6.92 Å². The van der Waals surface area contributed by atoms with Crippen molar-refractivity contribution in [2.24, 2.45) is 5.92 Å². The van der Waals surface area contributed by atoms with Crippen LogP contribution < -0.4 is 0 Å². The summed E-state index contributed by atoms with van der Waals surface area (Å²) in [6.07, 6.45) is 0.471. The van der Waals surface area contributed by atoms with Crippen molar-refractivity contribution >= 4 is 10.1 Å². The van der Waals surface area contributed by atoms with E-state index >= 15 is 0 Å². The molecule has 0 bridgehead atoms. The summed E-state index contributed by atoms with van der Waals surface area (Å²) in [5.41, 5.74) is 0. The second-order valence-corrected chi connectivity index (χ2v) is 4.27. The lowest BCUT2D eigenvalue weighted by Crippen LogP contribution is -2.14. The minimum Gasteiger partial charge on any atom is -0.396 e. The number of aliphatic hydroxyl groups is 3. The molecule has 0 aromatic carbocycles. The third-order valence-electron chi connectivity index (χ3n) is 1.24. The quantitative estimate of drug-likeness (QED) is 0.444. The Bertz CT molecular complexity index is 191. The van der Waals surface area contributed by atoms with Gasteiger partial charge in [0.1, 0.15) is 0 Å². The van der Waals surface area contributed by atoms with Gasteiger partial charge in [-0.05, 0) is 6.42 Å². The molecule has 14 heavy (non-hydrogen) atoms. The molecule has 0 heterocycles. The summed E-state index contributed by atoms with van der Waals surface area (Å²) in [5, 5.41) is 24.6. The summed E-state index contributed by atoms with van der Waals surface area (Å²) >= 11 is 0. The van der Waals surface area contributed by atoms with E-state index in [0.29, 0.717) is 6.42 Å². The van der Waals surface area contributed by atoms with Gasteiger partial charge >= 0.3 is 0 Å². The lowest BCUT2D eigenvalue weighted by Gasteiger charge is -2.02. The van der Waals surface area contributed by atoms with Crippen molar-refractivity contribution in [3.05, 3.63) is 0 Å². The summed E-state index contributed by atoms with van der Waals surface area (Å²) in [5.74, 6) is -0.479. The number of hydrogen-bond donors (Lipinski definition) is 4. The molecule has 7 heteroatoms. The van der Waals surface area contributed by atoms with E-state index < -0.39 is 10.1 Å². The van der Waals surface area contributed by atoms with Crippen LogP contribution in [0.4, 0.5) is 0 Å². The van der Waals surface area contributed by atoms with Gasteiger partial charge < -0.3 is 15.3 Å². The van der Waals surface area contributed by atoms with Crippen molar-refractivity contribution in [1.29, 1.82) is 0 Å². The maximum absolute atomic E-state index is 9.79. The molecule has 0 rings (SSSR count). The molecule has 0 aliphatic rings. The van der Waals surface area contributed by atoms with Gasteiger partial charge in [-0.2, -0.15) is 8.42 Å². The van der Waals surface area contributed by atoms with E-state index in [2.05, 4.69) is 0 Å². The van der Waals surface area contributed by atoms with Gasteiger partial charge in [-0.3, -0.25) is 4.55 Å². The van der Waals surface area contributed by atoms with E-state index in [1.807, 2.05) is 0 Å². The first kappa shape index (κ1) is 16.2. The summed E-state index contributed by atoms with van der Waals surface area (Å²) in [6, 6.07) is 0. The lowest BCUT2D eigenvalue weighted by atomic mass is 10.2. The molecule has 88 valence electrons. The third-order valence-corrected chi connectivity index (χ3v) is 2.16. The van der Waals surface area contributed by atoms with Crippen molar-refractivity contribution in [3.63, 3.8) is 0 Å².